The largest absolute Gasteiger partial charge is 0.497 e. The van der Waals surface area contributed by atoms with Gasteiger partial charge in [0.05, 0.1) is 25.5 Å². The van der Waals surface area contributed by atoms with Crippen LogP contribution in [0.1, 0.15) is 24.8 Å². The number of halogens is 1. The number of hydrogen-bond acceptors (Lipinski definition) is 5. The summed E-state index contributed by atoms with van der Waals surface area (Å²) in [6.45, 7) is 1.50. The quantitative estimate of drug-likeness (QED) is 0.673. The minimum Gasteiger partial charge on any atom is -0.497 e. The topological polar surface area (TPSA) is 59.1 Å². The van der Waals surface area contributed by atoms with Gasteiger partial charge in [-0.2, -0.15) is 0 Å². The van der Waals surface area contributed by atoms with Crippen LogP contribution in [-0.2, 0) is 9.59 Å². The van der Waals surface area contributed by atoms with Crippen LogP contribution in [-0.4, -0.2) is 44.0 Å². The molecule has 2 aromatic rings. The molecule has 2 aliphatic heterocycles. The third-order valence-electron chi connectivity index (χ3n) is 5.49. The van der Waals surface area contributed by atoms with Crippen LogP contribution in [0.4, 0.5) is 5.69 Å². The maximum absolute atomic E-state index is 13.6. The third kappa shape index (κ3) is 3.52. The zero-order valence-electron chi connectivity index (χ0n) is 17.0. The van der Waals surface area contributed by atoms with E-state index < -0.39 is 0 Å². The van der Waals surface area contributed by atoms with E-state index in [4.69, 9.17) is 21.1 Å². The maximum atomic E-state index is 13.6. The number of likely N-dealkylation sites (tertiary alicyclic amines) is 1. The fraction of sp³-hybridized carbons (Fsp3) is 0.304. The number of ether oxygens (including phenoxy) is 2. The van der Waals surface area contributed by atoms with Gasteiger partial charge >= 0.3 is 0 Å². The monoisotopic (exact) mass is 426 g/mol. The van der Waals surface area contributed by atoms with Crippen molar-refractivity contribution in [1.29, 1.82) is 0 Å². The van der Waals surface area contributed by atoms with E-state index in [-0.39, 0.29) is 11.8 Å². The Morgan fingerprint density at radius 3 is 2.20 bits per heavy atom. The molecule has 2 aromatic carbocycles. The molecule has 1 saturated heterocycles. The van der Waals surface area contributed by atoms with Gasteiger partial charge in [-0.3, -0.25) is 9.59 Å². The summed E-state index contributed by atoms with van der Waals surface area (Å²) in [4.78, 5) is 30.4. The zero-order valence-corrected chi connectivity index (χ0v) is 17.7. The van der Waals surface area contributed by atoms with Crippen molar-refractivity contribution in [3.8, 4) is 11.5 Å². The molecule has 2 amide bonds. The molecule has 0 saturated carbocycles. The predicted molar refractivity (Wildman–Crippen MR) is 116 cm³/mol. The molecule has 0 aliphatic carbocycles. The van der Waals surface area contributed by atoms with Crippen LogP contribution in [0.25, 0.3) is 5.57 Å². The van der Waals surface area contributed by atoms with Crippen molar-refractivity contribution in [3.05, 3.63) is 58.7 Å². The van der Waals surface area contributed by atoms with E-state index in [2.05, 4.69) is 0 Å². The van der Waals surface area contributed by atoms with Crippen LogP contribution in [0, 0.1) is 0 Å². The average Bonchev–Trinajstić information content (AvgIpc) is 3.04. The van der Waals surface area contributed by atoms with E-state index in [1.165, 1.54) is 12.0 Å². The van der Waals surface area contributed by atoms with Crippen molar-refractivity contribution in [2.24, 2.45) is 0 Å². The molecule has 2 heterocycles. The summed E-state index contributed by atoms with van der Waals surface area (Å²) in [5.74, 6) is 0.268. The minimum atomic E-state index is -0.369. The van der Waals surface area contributed by atoms with Crippen molar-refractivity contribution >= 4 is 34.7 Å². The van der Waals surface area contributed by atoms with Crippen LogP contribution < -0.4 is 14.4 Å². The lowest BCUT2D eigenvalue weighted by molar-refractivity contribution is -0.120. The number of methoxy groups -OCH3 is 2. The summed E-state index contributed by atoms with van der Waals surface area (Å²) in [7, 11) is 3.05. The SMILES string of the molecule is COc1ccc(N2C(=O)C(c3ccc(Cl)cc3)=C(N3CCCCC3)C2=O)c(OC)c1. The van der Waals surface area contributed by atoms with E-state index in [0.717, 1.165) is 32.4 Å². The first-order chi connectivity index (χ1) is 14.5. The smallest absolute Gasteiger partial charge is 0.282 e. The molecule has 2 aliphatic rings. The molecule has 0 N–H and O–H groups in total. The average molecular weight is 427 g/mol. The standard InChI is InChI=1S/C23H23ClN2O4/c1-29-17-10-11-18(19(14-17)30-2)26-22(27)20(15-6-8-16(24)9-7-15)21(23(26)28)25-12-4-3-5-13-25/h6-11,14H,3-5,12-13H2,1-2H3. The fourth-order valence-electron chi connectivity index (χ4n) is 3.99. The van der Waals surface area contributed by atoms with Crippen molar-refractivity contribution in [2.75, 3.05) is 32.2 Å². The number of piperidine rings is 1. The third-order valence-corrected chi connectivity index (χ3v) is 5.74. The summed E-state index contributed by atoms with van der Waals surface area (Å²) in [6.07, 6.45) is 3.10. The van der Waals surface area contributed by atoms with Crippen molar-refractivity contribution in [3.63, 3.8) is 0 Å². The van der Waals surface area contributed by atoms with Gasteiger partial charge in [-0.25, -0.2) is 4.90 Å². The number of anilines is 1. The Morgan fingerprint density at radius 2 is 1.57 bits per heavy atom. The van der Waals surface area contributed by atoms with Crippen LogP contribution in [0.2, 0.25) is 5.02 Å². The molecule has 0 atom stereocenters. The number of benzene rings is 2. The van der Waals surface area contributed by atoms with Gasteiger partial charge in [-0.15, -0.1) is 0 Å². The lowest BCUT2D eigenvalue weighted by Gasteiger charge is -2.29. The summed E-state index contributed by atoms with van der Waals surface area (Å²) < 4.78 is 10.7. The van der Waals surface area contributed by atoms with E-state index in [0.29, 0.717) is 39.0 Å². The van der Waals surface area contributed by atoms with Crippen molar-refractivity contribution < 1.29 is 19.1 Å². The molecular weight excluding hydrogens is 404 g/mol. The second-order valence-corrected chi connectivity index (χ2v) is 7.70. The van der Waals surface area contributed by atoms with E-state index >= 15 is 0 Å². The Labute approximate surface area is 180 Å². The van der Waals surface area contributed by atoms with E-state index in [9.17, 15) is 9.59 Å². The lowest BCUT2D eigenvalue weighted by atomic mass is 10.0. The molecule has 0 unspecified atom stereocenters. The molecule has 4 rings (SSSR count). The fourth-order valence-corrected chi connectivity index (χ4v) is 4.12. The zero-order chi connectivity index (χ0) is 21.3. The highest BCUT2D eigenvalue weighted by Crippen LogP contribution is 2.40. The molecule has 0 radical (unpaired) electrons. The second-order valence-electron chi connectivity index (χ2n) is 7.26. The molecule has 0 bridgehead atoms. The molecule has 0 aromatic heterocycles. The Morgan fingerprint density at radius 1 is 0.867 bits per heavy atom. The summed E-state index contributed by atoms with van der Waals surface area (Å²) in [5, 5.41) is 0.573. The van der Waals surface area contributed by atoms with Crippen LogP contribution in [0.3, 0.4) is 0 Å². The van der Waals surface area contributed by atoms with E-state index in [1.807, 2.05) is 4.90 Å². The number of carbonyl (C=O) groups is 2. The number of carbonyl (C=O) groups excluding carboxylic acids is 2. The lowest BCUT2D eigenvalue weighted by Crippen LogP contribution is -2.37. The van der Waals surface area contributed by atoms with Crippen LogP contribution in [0.15, 0.2) is 48.2 Å². The highest BCUT2D eigenvalue weighted by atomic mass is 35.5. The first kappa shape index (κ1) is 20.3. The summed E-state index contributed by atoms with van der Waals surface area (Å²) in [5.41, 5.74) is 1.91. The summed E-state index contributed by atoms with van der Waals surface area (Å²) in [6, 6.07) is 12.1. The molecule has 156 valence electrons. The minimum absolute atomic E-state index is 0.338. The van der Waals surface area contributed by atoms with Gasteiger partial charge in [0, 0.05) is 24.2 Å². The maximum Gasteiger partial charge on any atom is 0.282 e. The van der Waals surface area contributed by atoms with Gasteiger partial charge in [0.25, 0.3) is 11.8 Å². The molecule has 7 heteroatoms. The van der Waals surface area contributed by atoms with Crippen LogP contribution >= 0.6 is 11.6 Å². The number of rotatable bonds is 5. The molecule has 1 fully saturated rings. The molecule has 0 spiro atoms. The van der Waals surface area contributed by atoms with Gasteiger partial charge in [-0.05, 0) is 49.1 Å². The molecule has 6 nitrogen and oxygen atoms in total. The molecule has 30 heavy (non-hydrogen) atoms. The number of imide groups is 1. The Hall–Kier alpha value is -2.99. The second kappa shape index (κ2) is 8.40. The van der Waals surface area contributed by atoms with Gasteiger partial charge in [-0.1, -0.05) is 23.7 Å². The van der Waals surface area contributed by atoms with E-state index in [1.54, 1.807) is 49.6 Å². The predicted octanol–water partition coefficient (Wildman–Crippen LogP) is 4.13. The first-order valence-electron chi connectivity index (χ1n) is 9.91. The van der Waals surface area contributed by atoms with Crippen molar-refractivity contribution in [1.82, 2.24) is 4.90 Å². The van der Waals surface area contributed by atoms with Crippen molar-refractivity contribution in [2.45, 2.75) is 19.3 Å². The van der Waals surface area contributed by atoms with Crippen LogP contribution in [0.5, 0.6) is 11.5 Å². The summed E-state index contributed by atoms with van der Waals surface area (Å²) >= 11 is 6.04. The first-order valence-corrected chi connectivity index (χ1v) is 10.3. The Kier molecular flexibility index (Phi) is 5.68. The number of nitrogens with zero attached hydrogens (tertiary/aromatic N) is 2. The number of hydrogen-bond donors (Lipinski definition) is 0. The van der Waals surface area contributed by atoms with Gasteiger partial charge < -0.3 is 14.4 Å². The Balaban J connectivity index is 1.83. The highest BCUT2D eigenvalue weighted by molar-refractivity contribution is 6.45. The van der Waals surface area contributed by atoms with Gasteiger partial charge in [0.2, 0.25) is 0 Å². The highest BCUT2D eigenvalue weighted by Gasteiger charge is 2.43. The normalized spacial score (nSPS) is 17.0. The molecular formula is C23H23ClN2O4. The van der Waals surface area contributed by atoms with Gasteiger partial charge in [0.1, 0.15) is 17.2 Å². The van der Waals surface area contributed by atoms with Gasteiger partial charge in [0.15, 0.2) is 0 Å². The number of amides is 2. The Bertz CT molecular complexity index is 1010.